The van der Waals surface area contributed by atoms with Crippen molar-refractivity contribution in [3.05, 3.63) is 24.3 Å². The Balaban J connectivity index is 2.11. The molecule has 0 aliphatic heterocycles. The Labute approximate surface area is 69.0 Å². The van der Waals surface area contributed by atoms with Crippen LogP contribution in [0.3, 0.4) is 0 Å². The van der Waals surface area contributed by atoms with Crippen molar-refractivity contribution in [2.24, 2.45) is 17.8 Å². The number of allylic oxidation sites excluding steroid dienone is 4. The molecule has 0 aromatic heterocycles. The molecule has 0 radical (unpaired) electrons. The van der Waals surface area contributed by atoms with Crippen molar-refractivity contribution in [3.8, 4) is 0 Å². The minimum Gasteiger partial charge on any atom is -0.0914 e. The van der Waals surface area contributed by atoms with E-state index in [1.807, 2.05) is 0 Å². The summed E-state index contributed by atoms with van der Waals surface area (Å²) >= 11 is 0. The van der Waals surface area contributed by atoms with Crippen LogP contribution >= 0.6 is 0 Å². The molecule has 0 N–H and O–H groups in total. The molecule has 0 nitrogen and oxygen atoms in total. The van der Waals surface area contributed by atoms with E-state index in [0.29, 0.717) is 0 Å². The molecule has 3 aliphatic rings. The Morgan fingerprint density at radius 2 is 2.18 bits per heavy atom. The average molecular weight is 148 g/mol. The maximum absolute atomic E-state index is 2.43. The van der Waals surface area contributed by atoms with Gasteiger partial charge in [-0.3, -0.25) is 0 Å². The summed E-state index contributed by atoms with van der Waals surface area (Å²) in [6.45, 7) is 2.13. The zero-order valence-corrected chi connectivity index (χ0v) is 7.16. The zero-order valence-electron chi connectivity index (χ0n) is 7.16. The van der Waals surface area contributed by atoms with Gasteiger partial charge in [0.15, 0.2) is 0 Å². The van der Waals surface area contributed by atoms with Gasteiger partial charge < -0.3 is 0 Å². The van der Waals surface area contributed by atoms with E-state index >= 15 is 0 Å². The molecule has 0 saturated heterocycles. The van der Waals surface area contributed by atoms with Crippen molar-refractivity contribution in [3.63, 3.8) is 0 Å². The minimum atomic E-state index is 0.865. The van der Waals surface area contributed by atoms with Crippen molar-refractivity contribution >= 4 is 0 Å². The van der Waals surface area contributed by atoms with E-state index in [4.69, 9.17) is 0 Å². The van der Waals surface area contributed by atoms with Gasteiger partial charge in [-0.05, 0) is 43.9 Å². The lowest BCUT2D eigenvalue weighted by Crippen LogP contribution is -2.25. The molecule has 0 aromatic rings. The Morgan fingerprint density at radius 3 is 2.64 bits per heavy atom. The normalized spacial score (nSPS) is 42.1. The number of fused-ring (bicyclic) bond motifs is 2. The first-order valence-corrected chi connectivity index (χ1v) is 4.71. The monoisotopic (exact) mass is 148 g/mol. The predicted octanol–water partition coefficient (Wildman–Crippen LogP) is 3.16. The fourth-order valence-electron chi connectivity index (χ4n) is 2.44. The second-order valence-corrected chi connectivity index (χ2v) is 3.81. The lowest BCUT2D eigenvalue weighted by Gasteiger charge is -2.36. The summed E-state index contributed by atoms with van der Waals surface area (Å²) in [5.74, 6) is 2.64. The Bertz CT molecular complexity index is 188. The smallest absolute Gasteiger partial charge is 0.0165 e. The van der Waals surface area contributed by atoms with Gasteiger partial charge in [-0.2, -0.15) is 0 Å². The molecule has 3 atom stereocenters. The van der Waals surface area contributed by atoms with Crippen LogP contribution < -0.4 is 0 Å². The minimum absolute atomic E-state index is 0.865. The standard InChI is InChI=1S/C11H16/c1-2-3-11-8-9-4-6-10(11)7-5-9/h2-4,6,9-11H,5,7-8H2,1H3/b3-2+. The molecule has 0 heteroatoms. The first-order chi connectivity index (χ1) is 5.40. The zero-order chi connectivity index (χ0) is 7.68. The van der Waals surface area contributed by atoms with Gasteiger partial charge in [0.2, 0.25) is 0 Å². The SMILES string of the molecule is C/C=C/C1CC2C=CC1CC2. The number of rotatable bonds is 1. The van der Waals surface area contributed by atoms with Gasteiger partial charge in [-0.25, -0.2) is 0 Å². The van der Waals surface area contributed by atoms with Gasteiger partial charge in [0.25, 0.3) is 0 Å². The van der Waals surface area contributed by atoms with E-state index in [-0.39, 0.29) is 0 Å². The molecular weight excluding hydrogens is 132 g/mol. The van der Waals surface area contributed by atoms with E-state index in [1.165, 1.54) is 19.3 Å². The second-order valence-electron chi connectivity index (χ2n) is 3.81. The van der Waals surface area contributed by atoms with Crippen molar-refractivity contribution in [1.29, 1.82) is 0 Å². The van der Waals surface area contributed by atoms with Crippen molar-refractivity contribution < 1.29 is 0 Å². The fraction of sp³-hybridized carbons (Fsp3) is 0.636. The molecule has 3 unspecified atom stereocenters. The number of hydrogen-bond donors (Lipinski definition) is 0. The lowest BCUT2D eigenvalue weighted by atomic mass is 9.69. The molecule has 1 fully saturated rings. The van der Waals surface area contributed by atoms with Crippen LogP contribution in [-0.2, 0) is 0 Å². The maximum atomic E-state index is 2.43. The highest BCUT2D eigenvalue weighted by atomic mass is 14.3. The third-order valence-corrected chi connectivity index (χ3v) is 3.07. The topological polar surface area (TPSA) is 0 Å². The molecule has 0 heterocycles. The molecule has 2 bridgehead atoms. The van der Waals surface area contributed by atoms with E-state index < -0.39 is 0 Å². The third kappa shape index (κ3) is 1.26. The molecule has 0 aromatic carbocycles. The highest BCUT2D eigenvalue weighted by molar-refractivity contribution is 5.10. The van der Waals surface area contributed by atoms with Crippen molar-refractivity contribution in [1.82, 2.24) is 0 Å². The summed E-state index contributed by atoms with van der Waals surface area (Å²) in [5.41, 5.74) is 0. The van der Waals surface area contributed by atoms with E-state index in [9.17, 15) is 0 Å². The largest absolute Gasteiger partial charge is 0.0914 e. The van der Waals surface area contributed by atoms with Crippen LogP contribution in [0, 0.1) is 17.8 Å². The highest BCUT2D eigenvalue weighted by Crippen LogP contribution is 2.40. The average Bonchev–Trinajstić information content (AvgIpc) is 2.07. The highest BCUT2D eigenvalue weighted by Gasteiger charge is 2.29. The molecule has 1 saturated carbocycles. The van der Waals surface area contributed by atoms with Crippen LogP contribution in [-0.4, -0.2) is 0 Å². The van der Waals surface area contributed by atoms with Gasteiger partial charge in [0.05, 0.1) is 0 Å². The van der Waals surface area contributed by atoms with Crippen LogP contribution in [0.2, 0.25) is 0 Å². The summed E-state index contributed by atoms with van der Waals surface area (Å²) in [6.07, 6.45) is 13.7. The summed E-state index contributed by atoms with van der Waals surface area (Å²) in [5, 5.41) is 0. The predicted molar refractivity (Wildman–Crippen MR) is 48.3 cm³/mol. The van der Waals surface area contributed by atoms with Gasteiger partial charge in [0, 0.05) is 0 Å². The first-order valence-electron chi connectivity index (χ1n) is 4.71. The molecule has 0 amide bonds. The molecular formula is C11H16. The quantitative estimate of drug-likeness (QED) is 0.501. The van der Waals surface area contributed by atoms with Gasteiger partial charge >= 0.3 is 0 Å². The third-order valence-electron chi connectivity index (χ3n) is 3.07. The fourth-order valence-corrected chi connectivity index (χ4v) is 2.44. The molecule has 3 rings (SSSR count). The number of hydrogen-bond acceptors (Lipinski definition) is 0. The Hall–Kier alpha value is -0.520. The van der Waals surface area contributed by atoms with E-state index in [0.717, 1.165) is 17.8 Å². The Kier molecular flexibility index (Phi) is 1.85. The van der Waals surface area contributed by atoms with E-state index in [2.05, 4.69) is 31.2 Å². The molecule has 11 heavy (non-hydrogen) atoms. The van der Waals surface area contributed by atoms with Gasteiger partial charge in [-0.15, -0.1) is 0 Å². The molecule has 0 spiro atoms. The van der Waals surface area contributed by atoms with Gasteiger partial charge in [-0.1, -0.05) is 24.3 Å². The first kappa shape index (κ1) is 7.15. The van der Waals surface area contributed by atoms with Crippen LogP contribution in [0.5, 0.6) is 0 Å². The second kappa shape index (κ2) is 2.84. The summed E-state index contributed by atoms with van der Waals surface area (Å²) in [4.78, 5) is 0. The van der Waals surface area contributed by atoms with E-state index in [1.54, 1.807) is 0 Å². The Morgan fingerprint density at radius 1 is 1.27 bits per heavy atom. The van der Waals surface area contributed by atoms with Crippen LogP contribution in [0.4, 0.5) is 0 Å². The van der Waals surface area contributed by atoms with Crippen molar-refractivity contribution in [2.45, 2.75) is 26.2 Å². The molecule has 60 valence electrons. The summed E-state index contributed by atoms with van der Waals surface area (Å²) < 4.78 is 0. The van der Waals surface area contributed by atoms with Crippen LogP contribution in [0.25, 0.3) is 0 Å². The summed E-state index contributed by atoms with van der Waals surface area (Å²) in [6, 6.07) is 0. The van der Waals surface area contributed by atoms with Crippen molar-refractivity contribution in [2.75, 3.05) is 0 Å². The summed E-state index contributed by atoms with van der Waals surface area (Å²) in [7, 11) is 0. The van der Waals surface area contributed by atoms with Crippen LogP contribution in [0.1, 0.15) is 26.2 Å². The maximum Gasteiger partial charge on any atom is -0.0165 e. The lowest BCUT2D eigenvalue weighted by molar-refractivity contribution is 0.263. The van der Waals surface area contributed by atoms with Gasteiger partial charge in [0.1, 0.15) is 0 Å². The van der Waals surface area contributed by atoms with Crippen LogP contribution in [0.15, 0.2) is 24.3 Å². The molecule has 3 aliphatic carbocycles.